The summed E-state index contributed by atoms with van der Waals surface area (Å²) in [5.41, 5.74) is 0.800. The van der Waals surface area contributed by atoms with Crippen LogP contribution in [0.2, 0.25) is 0 Å². The second-order valence-electron chi connectivity index (χ2n) is 8.70. The van der Waals surface area contributed by atoms with E-state index in [0.29, 0.717) is 32.6 Å². The van der Waals surface area contributed by atoms with Gasteiger partial charge in [-0.05, 0) is 32.8 Å². The summed E-state index contributed by atoms with van der Waals surface area (Å²) in [6.07, 6.45) is 8.34. The van der Waals surface area contributed by atoms with Crippen LogP contribution >= 0.6 is 0 Å². The van der Waals surface area contributed by atoms with Crippen molar-refractivity contribution in [1.82, 2.24) is 9.80 Å². The fraction of sp³-hybridized carbons (Fsp3) is 0.440. The van der Waals surface area contributed by atoms with Crippen LogP contribution in [0.1, 0.15) is 32.8 Å². The van der Waals surface area contributed by atoms with Crippen LogP contribution < -0.4 is 0 Å². The van der Waals surface area contributed by atoms with Crippen LogP contribution in [-0.2, 0) is 20.9 Å². The normalized spacial score (nSPS) is 26.8. The Bertz CT molecular complexity index is 860. The van der Waals surface area contributed by atoms with Gasteiger partial charge in [-0.25, -0.2) is 4.79 Å². The van der Waals surface area contributed by atoms with Gasteiger partial charge in [-0.15, -0.1) is 0 Å². The van der Waals surface area contributed by atoms with E-state index in [0.717, 1.165) is 5.56 Å². The maximum absolute atomic E-state index is 13.4. The zero-order chi connectivity index (χ0) is 21.8. The minimum absolute atomic E-state index is 0.0598. The number of piperazine rings is 1. The number of carbonyl (C=O) groups excluding carboxylic acids is 2. The summed E-state index contributed by atoms with van der Waals surface area (Å²) in [6.45, 7) is 11.8. The van der Waals surface area contributed by atoms with Gasteiger partial charge in [0.15, 0.2) is 0 Å². The van der Waals surface area contributed by atoms with Crippen LogP contribution in [0.25, 0.3) is 0 Å². The third-order valence-corrected chi connectivity index (χ3v) is 6.16. The molecular weight excluding hydrogens is 376 g/mol. The topological polar surface area (TPSA) is 49.9 Å². The van der Waals surface area contributed by atoms with Crippen LogP contribution in [0.4, 0.5) is 0 Å². The Morgan fingerprint density at radius 1 is 1.20 bits per heavy atom. The second-order valence-corrected chi connectivity index (χ2v) is 8.70. The van der Waals surface area contributed by atoms with Gasteiger partial charge in [0.05, 0.1) is 5.41 Å². The first-order chi connectivity index (χ1) is 14.3. The van der Waals surface area contributed by atoms with E-state index in [1.807, 2.05) is 56.0 Å². The van der Waals surface area contributed by atoms with Gasteiger partial charge in [-0.1, -0.05) is 66.8 Å². The van der Waals surface area contributed by atoms with Crippen molar-refractivity contribution in [3.63, 3.8) is 0 Å². The molecule has 30 heavy (non-hydrogen) atoms. The second kappa shape index (κ2) is 9.00. The van der Waals surface area contributed by atoms with Gasteiger partial charge in [0.25, 0.3) is 0 Å². The lowest BCUT2D eigenvalue weighted by atomic mass is 9.80. The molecule has 2 aliphatic rings. The highest BCUT2D eigenvalue weighted by atomic mass is 16.5. The number of allylic oxidation sites excluding steroid dienone is 3. The molecule has 1 heterocycles. The van der Waals surface area contributed by atoms with Gasteiger partial charge >= 0.3 is 5.97 Å². The molecule has 2 atom stereocenters. The Kier molecular flexibility index (Phi) is 6.61. The van der Waals surface area contributed by atoms with Crippen molar-refractivity contribution in [2.24, 2.45) is 5.41 Å². The van der Waals surface area contributed by atoms with Gasteiger partial charge in [-0.3, -0.25) is 9.69 Å². The summed E-state index contributed by atoms with van der Waals surface area (Å²) < 4.78 is 5.45. The fourth-order valence-electron chi connectivity index (χ4n) is 4.10. The first kappa shape index (κ1) is 22.0. The molecule has 5 nitrogen and oxygen atoms in total. The summed E-state index contributed by atoms with van der Waals surface area (Å²) in [4.78, 5) is 30.5. The summed E-state index contributed by atoms with van der Waals surface area (Å²) in [5.74, 6) is -0.263. The molecule has 1 saturated heterocycles. The summed E-state index contributed by atoms with van der Waals surface area (Å²) in [6, 6.07) is 10.1. The van der Waals surface area contributed by atoms with Crippen LogP contribution in [0.15, 0.2) is 66.8 Å². The van der Waals surface area contributed by atoms with E-state index in [1.54, 1.807) is 6.08 Å². The predicted molar refractivity (Wildman–Crippen MR) is 119 cm³/mol. The summed E-state index contributed by atoms with van der Waals surface area (Å²) >= 11 is 0. The zero-order valence-corrected chi connectivity index (χ0v) is 18.3. The molecule has 1 aliphatic heterocycles. The molecule has 3 rings (SSSR count). The maximum Gasteiger partial charge on any atom is 0.328 e. The van der Waals surface area contributed by atoms with Crippen molar-refractivity contribution in [3.05, 3.63) is 72.4 Å². The largest absolute Gasteiger partial charge is 0.460 e. The van der Waals surface area contributed by atoms with Crippen molar-refractivity contribution >= 4 is 11.9 Å². The zero-order valence-electron chi connectivity index (χ0n) is 18.3. The number of hydrogen-bond donors (Lipinski definition) is 0. The standard InChI is InChI=1S/C25H32N2O3/c1-5-17-30-23(29)25(4)19-26(22(28)24(3)13-11-20(2)12-14-24)15-16-27(25)18-21-9-7-6-8-10-21/h5-13H,1,14-19H2,2-4H3. The van der Waals surface area contributed by atoms with E-state index in [4.69, 9.17) is 4.74 Å². The molecule has 5 heteroatoms. The van der Waals surface area contributed by atoms with Gasteiger partial charge in [-0.2, -0.15) is 0 Å². The molecule has 2 unspecified atom stereocenters. The summed E-state index contributed by atoms with van der Waals surface area (Å²) in [7, 11) is 0. The quantitative estimate of drug-likeness (QED) is 0.532. The molecule has 0 spiro atoms. The maximum atomic E-state index is 13.4. The molecule has 0 bridgehead atoms. The molecule has 160 valence electrons. The molecular formula is C25H32N2O3. The van der Waals surface area contributed by atoms with Crippen LogP contribution in [0.3, 0.4) is 0 Å². The van der Waals surface area contributed by atoms with Crippen molar-refractivity contribution < 1.29 is 14.3 Å². The number of nitrogens with zero attached hydrogens (tertiary/aromatic N) is 2. The lowest BCUT2D eigenvalue weighted by Crippen LogP contribution is -2.66. The number of amides is 1. The monoisotopic (exact) mass is 408 g/mol. The highest BCUT2D eigenvalue weighted by molar-refractivity contribution is 5.87. The smallest absolute Gasteiger partial charge is 0.328 e. The minimum atomic E-state index is -0.923. The lowest BCUT2D eigenvalue weighted by molar-refractivity contribution is -0.165. The molecule has 0 aromatic heterocycles. The van der Waals surface area contributed by atoms with Crippen molar-refractivity contribution in [3.8, 4) is 0 Å². The molecule has 1 aromatic rings. The van der Waals surface area contributed by atoms with E-state index in [2.05, 4.69) is 29.7 Å². The van der Waals surface area contributed by atoms with E-state index >= 15 is 0 Å². The number of hydrogen-bond acceptors (Lipinski definition) is 4. The van der Waals surface area contributed by atoms with Crippen LogP contribution in [-0.4, -0.2) is 53.5 Å². The van der Waals surface area contributed by atoms with Crippen molar-refractivity contribution in [2.45, 2.75) is 39.3 Å². The van der Waals surface area contributed by atoms with E-state index in [1.165, 1.54) is 5.57 Å². The number of rotatable bonds is 6. The van der Waals surface area contributed by atoms with E-state index < -0.39 is 11.0 Å². The molecule has 1 aromatic carbocycles. The van der Waals surface area contributed by atoms with Gasteiger partial charge in [0.1, 0.15) is 12.1 Å². The van der Waals surface area contributed by atoms with Gasteiger partial charge in [0.2, 0.25) is 5.91 Å². The summed E-state index contributed by atoms with van der Waals surface area (Å²) in [5, 5.41) is 0. The number of benzene rings is 1. The van der Waals surface area contributed by atoms with Crippen LogP contribution in [0.5, 0.6) is 0 Å². The Hall–Kier alpha value is -2.66. The Morgan fingerprint density at radius 2 is 1.93 bits per heavy atom. The Balaban J connectivity index is 1.82. The minimum Gasteiger partial charge on any atom is -0.460 e. The molecule has 1 fully saturated rings. The Morgan fingerprint density at radius 3 is 2.57 bits per heavy atom. The highest BCUT2D eigenvalue weighted by Crippen LogP contribution is 2.34. The molecule has 0 saturated carbocycles. The molecule has 1 amide bonds. The van der Waals surface area contributed by atoms with Crippen molar-refractivity contribution in [2.75, 3.05) is 26.2 Å². The van der Waals surface area contributed by atoms with E-state index in [-0.39, 0.29) is 18.5 Å². The highest BCUT2D eigenvalue weighted by Gasteiger charge is 2.48. The first-order valence-electron chi connectivity index (χ1n) is 10.5. The predicted octanol–water partition coefficient (Wildman–Crippen LogP) is 3.73. The lowest BCUT2D eigenvalue weighted by Gasteiger charge is -2.48. The van der Waals surface area contributed by atoms with Crippen LogP contribution in [0, 0.1) is 5.41 Å². The number of carbonyl (C=O) groups is 2. The number of esters is 1. The third-order valence-electron chi connectivity index (χ3n) is 6.16. The van der Waals surface area contributed by atoms with Gasteiger partial charge in [0, 0.05) is 26.2 Å². The average Bonchev–Trinajstić information content (AvgIpc) is 2.76. The SMILES string of the molecule is C=CCOC(=O)C1(C)CN(C(=O)C2(C)C=CC(C)=CC2)CCN1Cc1ccccc1. The third kappa shape index (κ3) is 4.57. The molecule has 0 N–H and O–H groups in total. The molecule has 1 aliphatic carbocycles. The van der Waals surface area contributed by atoms with Gasteiger partial charge < -0.3 is 9.64 Å². The van der Waals surface area contributed by atoms with Crippen molar-refractivity contribution in [1.29, 1.82) is 0 Å². The average molecular weight is 409 g/mol. The molecule has 0 radical (unpaired) electrons. The van der Waals surface area contributed by atoms with E-state index in [9.17, 15) is 9.59 Å². The number of ether oxygens (including phenoxy) is 1. The Labute approximate surface area is 179 Å². The first-order valence-corrected chi connectivity index (χ1v) is 10.5. The fourth-order valence-corrected chi connectivity index (χ4v) is 4.10.